The molecule has 0 radical (unpaired) electrons. The number of pyridine rings is 1. The van der Waals surface area contributed by atoms with Gasteiger partial charge >= 0.3 is 6.03 Å². The molecule has 3 aromatic rings. The highest BCUT2D eigenvalue weighted by atomic mass is 16.2. The van der Waals surface area contributed by atoms with Gasteiger partial charge in [0.15, 0.2) is 11.5 Å². The first kappa shape index (κ1) is 18.0. The van der Waals surface area contributed by atoms with Crippen LogP contribution in [0.2, 0.25) is 0 Å². The third kappa shape index (κ3) is 3.40. The number of aryl methyl sites for hydroxylation is 1. The zero-order valence-corrected chi connectivity index (χ0v) is 15.7. The highest BCUT2D eigenvalue weighted by Crippen LogP contribution is 2.15. The molecule has 0 unspecified atom stereocenters. The van der Waals surface area contributed by atoms with Crippen molar-refractivity contribution < 1.29 is 4.79 Å². The van der Waals surface area contributed by atoms with Crippen LogP contribution in [0.1, 0.15) is 6.92 Å². The summed E-state index contributed by atoms with van der Waals surface area (Å²) in [5.74, 6) is 0.422. The molecule has 28 heavy (non-hydrogen) atoms. The number of carbonyl (C=O) groups excluding carboxylic acids is 1. The van der Waals surface area contributed by atoms with Gasteiger partial charge in [-0.05, 0) is 31.2 Å². The van der Waals surface area contributed by atoms with Gasteiger partial charge in [0.2, 0.25) is 0 Å². The number of piperazine rings is 1. The van der Waals surface area contributed by atoms with E-state index >= 15 is 0 Å². The predicted octanol–water partition coefficient (Wildman–Crippen LogP) is 2.17. The van der Waals surface area contributed by atoms with Crippen LogP contribution in [0.15, 0.2) is 53.5 Å². The predicted molar refractivity (Wildman–Crippen MR) is 109 cm³/mol. The van der Waals surface area contributed by atoms with Crippen molar-refractivity contribution in [3.8, 4) is 0 Å². The largest absolute Gasteiger partial charge is 0.348 e. The van der Waals surface area contributed by atoms with Crippen LogP contribution in [-0.2, 0) is 6.54 Å². The number of nitrogens with one attached hydrogen (secondary N) is 1. The maximum atomic E-state index is 12.9. The van der Waals surface area contributed by atoms with Crippen LogP contribution in [0.4, 0.5) is 16.3 Å². The van der Waals surface area contributed by atoms with Gasteiger partial charge in [-0.3, -0.25) is 9.36 Å². The molecule has 1 aliphatic rings. The zero-order valence-electron chi connectivity index (χ0n) is 15.7. The van der Waals surface area contributed by atoms with Gasteiger partial charge in [0.05, 0.1) is 0 Å². The van der Waals surface area contributed by atoms with Crippen molar-refractivity contribution in [1.82, 2.24) is 19.4 Å². The van der Waals surface area contributed by atoms with Crippen molar-refractivity contribution in [2.24, 2.45) is 0 Å². The first-order valence-corrected chi connectivity index (χ1v) is 9.39. The molecule has 144 valence electrons. The molecule has 1 N–H and O–H groups in total. The highest BCUT2D eigenvalue weighted by molar-refractivity contribution is 5.89. The van der Waals surface area contributed by atoms with Crippen LogP contribution >= 0.6 is 0 Å². The number of hydrogen-bond donors (Lipinski definition) is 1. The Bertz CT molecular complexity index is 1040. The summed E-state index contributed by atoms with van der Waals surface area (Å²) in [6, 6.07) is 12.9. The molecule has 1 aliphatic heterocycles. The molecule has 0 aliphatic carbocycles. The molecular formula is C20H22N6O2. The van der Waals surface area contributed by atoms with E-state index in [1.807, 2.05) is 54.3 Å². The molecule has 2 aromatic heterocycles. The minimum absolute atomic E-state index is 0.132. The minimum atomic E-state index is -0.143. The SMILES string of the molecule is CCn1c(=O)c(N2CCN(C(=O)Nc3ccccc3)CC2)nc2cccnc21. The fourth-order valence-corrected chi connectivity index (χ4v) is 3.41. The van der Waals surface area contributed by atoms with E-state index in [1.54, 1.807) is 15.7 Å². The van der Waals surface area contributed by atoms with Crippen LogP contribution in [0.3, 0.4) is 0 Å². The van der Waals surface area contributed by atoms with E-state index in [1.165, 1.54) is 0 Å². The lowest BCUT2D eigenvalue weighted by atomic mass is 10.3. The Labute approximate surface area is 162 Å². The Balaban J connectivity index is 1.50. The summed E-state index contributed by atoms with van der Waals surface area (Å²) in [6.07, 6.45) is 1.67. The summed E-state index contributed by atoms with van der Waals surface area (Å²) < 4.78 is 1.64. The topological polar surface area (TPSA) is 83.4 Å². The van der Waals surface area contributed by atoms with E-state index in [0.717, 1.165) is 5.69 Å². The third-order valence-corrected chi connectivity index (χ3v) is 4.89. The first-order chi connectivity index (χ1) is 13.7. The van der Waals surface area contributed by atoms with Gasteiger partial charge in [-0.25, -0.2) is 14.8 Å². The molecule has 1 saturated heterocycles. The van der Waals surface area contributed by atoms with E-state index in [-0.39, 0.29) is 11.6 Å². The molecule has 0 spiro atoms. The third-order valence-electron chi connectivity index (χ3n) is 4.89. The smallest absolute Gasteiger partial charge is 0.321 e. The van der Waals surface area contributed by atoms with Crippen molar-refractivity contribution in [2.45, 2.75) is 13.5 Å². The molecule has 3 heterocycles. The molecule has 2 amide bonds. The van der Waals surface area contributed by atoms with Crippen LogP contribution in [-0.4, -0.2) is 51.6 Å². The van der Waals surface area contributed by atoms with Crippen LogP contribution < -0.4 is 15.8 Å². The van der Waals surface area contributed by atoms with E-state index in [9.17, 15) is 9.59 Å². The van der Waals surface area contributed by atoms with E-state index in [2.05, 4.69) is 15.3 Å². The lowest BCUT2D eigenvalue weighted by Gasteiger charge is -2.35. The summed E-state index contributed by atoms with van der Waals surface area (Å²) in [7, 11) is 0. The maximum absolute atomic E-state index is 12.9. The van der Waals surface area contributed by atoms with Crippen molar-refractivity contribution in [3.05, 3.63) is 59.0 Å². The Hall–Kier alpha value is -3.42. The molecule has 0 atom stereocenters. The highest BCUT2D eigenvalue weighted by Gasteiger charge is 2.24. The fraction of sp³-hybridized carbons (Fsp3) is 0.300. The van der Waals surface area contributed by atoms with Crippen LogP contribution in [0.25, 0.3) is 11.2 Å². The number of nitrogens with zero attached hydrogens (tertiary/aromatic N) is 5. The van der Waals surface area contributed by atoms with E-state index in [4.69, 9.17) is 0 Å². The number of fused-ring (bicyclic) bond motifs is 1. The lowest BCUT2D eigenvalue weighted by molar-refractivity contribution is 0.208. The van der Waals surface area contributed by atoms with Crippen molar-refractivity contribution in [2.75, 3.05) is 36.4 Å². The maximum Gasteiger partial charge on any atom is 0.321 e. The van der Waals surface area contributed by atoms with E-state index in [0.29, 0.717) is 49.7 Å². The number of aromatic nitrogens is 3. The number of anilines is 2. The molecule has 1 fully saturated rings. The summed E-state index contributed by atoms with van der Waals surface area (Å²) in [5, 5.41) is 2.90. The normalized spacial score (nSPS) is 14.3. The van der Waals surface area contributed by atoms with Crippen LogP contribution in [0.5, 0.6) is 0 Å². The Morgan fingerprint density at radius 3 is 2.54 bits per heavy atom. The van der Waals surface area contributed by atoms with Crippen molar-refractivity contribution in [3.63, 3.8) is 0 Å². The van der Waals surface area contributed by atoms with Gasteiger partial charge in [0.25, 0.3) is 5.56 Å². The van der Waals surface area contributed by atoms with Gasteiger partial charge < -0.3 is 15.1 Å². The standard InChI is InChI=1S/C20H22N6O2/c1-2-26-17-16(9-6-10-21-17)23-18(19(26)27)24-11-13-25(14-12-24)20(28)22-15-7-4-3-5-8-15/h3-10H,2,11-14H2,1H3,(H,22,28). The van der Waals surface area contributed by atoms with Gasteiger partial charge in [0.1, 0.15) is 5.52 Å². The van der Waals surface area contributed by atoms with Gasteiger partial charge in [-0.2, -0.15) is 0 Å². The van der Waals surface area contributed by atoms with Gasteiger partial charge in [-0.15, -0.1) is 0 Å². The lowest BCUT2D eigenvalue weighted by Crippen LogP contribution is -2.51. The van der Waals surface area contributed by atoms with Crippen molar-refractivity contribution in [1.29, 1.82) is 0 Å². The number of hydrogen-bond acceptors (Lipinski definition) is 5. The Kier molecular flexibility index (Phi) is 4.92. The van der Waals surface area contributed by atoms with Crippen molar-refractivity contribution >= 4 is 28.7 Å². The number of carbonyl (C=O) groups is 1. The second-order valence-corrected chi connectivity index (χ2v) is 6.60. The Morgan fingerprint density at radius 2 is 1.82 bits per heavy atom. The molecule has 8 heteroatoms. The average Bonchev–Trinajstić information content (AvgIpc) is 2.74. The summed E-state index contributed by atoms with van der Waals surface area (Å²) in [6.45, 7) is 4.61. The summed E-state index contributed by atoms with van der Waals surface area (Å²) >= 11 is 0. The second kappa shape index (κ2) is 7.67. The fourth-order valence-electron chi connectivity index (χ4n) is 3.41. The van der Waals surface area contributed by atoms with E-state index < -0.39 is 0 Å². The second-order valence-electron chi connectivity index (χ2n) is 6.60. The molecule has 1 aromatic carbocycles. The number of rotatable bonds is 3. The zero-order chi connectivity index (χ0) is 19.5. The molecule has 4 rings (SSSR count). The number of para-hydroxylation sites is 1. The molecule has 8 nitrogen and oxygen atoms in total. The number of urea groups is 1. The molecule has 0 bridgehead atoms. The molecular weight excluding hydrogens is 356 g/mol. The minimum Gasteiger partial charge on any atom is -0.348 e. The first-order valence-electron chi connectivity index (χ1n) is 9.39. The van der Waals surface area contributed by atoms with Gasteiger partial charge in [-0.1, -0.05) is 18.2 Å². The van der Waals surface area contributed by atoms with Crippen LogP contribution in [0, 0.1) is 0 Å². The summed E-state index contributed by atoms with van der Waals surface area (Å²) in [4.78, 5) is 37.9. The average molecular weight is 378 g/mol. The quantitative estimate of drug-likeness (QED) is 0.755. The number of benzene rings is 1. The monoisotopic (exact) mass is 378 g/mol. The molecule has 0 saturated carbocycles. The number of amides is 2. The van der Waals surface area contributed by atoms with Gasteiger partial charge in [0, 0.05) is 44.6 Å². The Morgan fingerprint density at radius 1 is 1.07 bits per heavy atom. The summed E-state index contributed by atoms with van der Waals surface area (Å²) in [5.41, 5.74) is 1.92.